The van der Waals surface area contributed by atoms with Crippen LogP contribution in [0.4, 0.5) is 0 Å². The fraction of sp³-hybridized carbons (Fsp3) is 1.00. The summed E-state index contributed by atoms with van der Waals surface area (Å²) in [6.45, 7) is 0. The minimum absolute atomic E-state index is 0.420. The minimum Gasteiger partial charge on any atom is -0.316 e. The highest BCUT2D eigenvalue weighted by Crippen LogP contribution is 2.46. The molecule has 0 aromatic rings. The average molecular weight is 161 g/mol. The Morgan fingerprint density at radius 1 is 1.30 bits per heavy atom. The van der Waals surface area contributed by atoms with E-state index in [1.165, 1.54) is 0 Å². The summed E-state index contributed by atoms with van der Waals surface area (Å²) < 4.78 is 21.8. The Balaban J connectivity index is 2.09. The molecule has 0 bridgehead atoms. The SMILES string of the molecule is CNC1C2CS(=O)(=O)CC21. The largest absolute Gasteiger partial charge is 0.316 e. The highest BCUT2D eigenvalue weighted by Gasteiger charge is 2.57. The van der Waals surface area contributed by atoms with Crippen molar-refractivity contribution in [1.29, 1.82) is 0 Å². The van der Waals surface area contributed by atoms with Crippen LogP contribution < -0.4 is 5.32 Å². The van der Waals surface area contributed by atoms with Gasteiger partial charge in [-0.05, 0) is 18.9 Å². The molecule has 2 rings (SSSR count). The van der Waals surface area contributed by atoms with Crippen LogP contribution in [0.2, 0.25) is 0 Å². The number of fused-ring (bicyclic) bond motifs is 1. The molecule has 2 aliphatic rings. The Morgan fingerprint density at radius 2 is 1.80 bits per heavy atom. The molecule has 1 N–H and O–H groups in total. The first-order valence-electron chi connectivity index (χ1n) is 3.52. The molecule has 1 heterocycles. The van der Waals surface area contributed by atoms with Gasteiger partial charge in [0.2, 0.25) is 0 Å². The zero-order chi connectivity index (χ0) is 7.35. The number of hydrogen-bond donors (Lipinski definition) is 1. The average Bonchev–Trinajstić information content (AvgIpc) is 2.30. The molecule has 0 spiro atoms. The molecular formula is C6H11NO2S. The van der Waals surface area contributed by atoms with Crippen molar-refractivity contribution < 1.29 is 8.42 Å². The Kier molecular flexibility index (Phi) is 1.15. The smallest absolute Gasteiger partial charge is 0.151 e. The van der Waals surface area contributed by atoms with Crippen LogP contribution in [-0.4, -0.2) is 33.0 Å². The van der Waals surface area contributed by atoms with Crippen molar-refractivity contribution in [2.45, 2.75) is 6.04 Å². The van der Waals surface area contributed by atoms with E-state index >= 15 is 0 Å². The van der Waals surface area contributed by atoms with E-state index in [2.05, 4.69) is 5.32 Å². The summed E-state index contributed by atoms with van der Waals surface area (Å²) >= 11 is 0. The zero-order valence-electron chi connectivity index (χ0n) is 5.87. The third-order valence-electron chi connectivity index (χ3n) is 2.56. The van der Waals surface area contributed by atoms with Crippen molar-refractivity contribution in [3.8, 4) is 0 Å². The van der Waals surface area contributed by atoms with Crippen LogP contribution in [0.15, 0.2) is 0 Å². The lowest BCUT2D eigenvalue weighted by molar-refractivity contribution is 0.590. The van der Waals surface area contributed by atoms with E-state index < -0.39 is 9.84 Å². The van der Waals surface area contributed by atoms with Gasteiger partial charge < -0.3 is 5.32 Å². The Labute approximate surface area is 60.7 Å². The highest BCUT2D eigenvalue weighted by molar-refractivity contribution is 7.91. The molecule has 0 aromatic carbocycles. The number of hydrogen-bond acceptors (Lipinski definition) is 3. The summed E-state index contributed by atoms with van der Waals surface area (Å²) in [4.78, 5) is 0. The van der Waals surface area contributed by atoms with Gasteiger partial charge in [-0.25, -0.2) is 8.42 Å². The second-order valence-electron chi connectivity index (χ2n) is 3.22. The molecule has 2 unspecified atom stereocenters. The minimum atomic E-state index is -2.63. The van der Waals surface area contributed by atoms with Crippen LogP contribution >= 0.6 is 0 Å². The second-order valence-corrected chi connectivity index (χ2v) is 5.37. The molecule has 2 fully saturated rings. The van der Waals surface area contributed by atoms with E-state index in [0.717, 1.165) is 0 Å². The summed E-state index contributed by atoms with van der Waals surface area (Å²) in [5.41, 5.74) is 0. The maximum Gasteiger partial charge on any atom is 0.151 e. The van der Waals surface area contributed by atoms with Crippen LogP contribution in [0.25, 0.3) is 0 Å². The van der Waals surface area contributed by atoms with E-state index in [1.54, 1.807) is 0 Å². The van der Waals surface area contributed by atoms with Crippen molar-refractivity contribution in [2.24, 2.45) is 11.8 Å². The van der Waals surface area contributed by atoms with Gasteiger partial charge in [-0.3, -0.25) is 0 Å². The normalized spacial score (nSPS) is 48.7. The molecule has 1 saturated heterocycles. The summed E-state index contributed by atoms with van der Waals surface area (Å²) in [6, 6.07) is 0.503. The first-order valence-corrected chi connectivity index (χ1v) is 5.34. The van der Waals surface area contributed by atoms with Gasteiger partial charge in [0.15, 0.2) is 9.84 Å². The predicted octanol–water partition coefficient (Wildman–Crippen LogP) is -0.751. The summed E-state index contributed by atoms with van der Waals surface area (Å²) in [7, 11) is -0.730. The quantitative estimate of drug-likeness (QED) is 0.550. The van der Waals surface area contributed by atoms with Crippen LogP contribution in [-0.2, 0) is 9.84 Å². The van der Waals surface area contributed by atoms with Crippen LogP contribution in [0, 0.1) is 11.8 Å². The maximum atomic E-state index is 10.9. The lowest BCUT2D eigenvalue weighted by atomic mass is 10.4. The molecule has 0 radical (unpaired) electrons. The maximum absolute atomic E-state index is 10.9. The molecule has 3 nitrogen and oxygen atoms in total. The van der Waals surface area contributed by atoms with E-state index in [-0.39, 0.29) is 0 Å². The van der Waals surface area contributed by atoms with E-state index in [9.17, 15) is 8.42 Å². The molecule has 4 heteroatoms. The van der Waals surface area contributed by atoms with Crippen molar-refractivity contribution in [3.63, 3.8) is 0 Å². The number of nitrogens with one attached hydrogen (secondary N) is 1. The Hall–Kier alpha value is -0.0900. The molecule has 2 atom stereocenters. The van der Waals surface area contributed by atoms with Gasteiger partial charge in [-0.1, -0.05) is 0 Å². The Morgan fingerprint density at radius 3 is 2.20 bits per heavy atom. The van der Waals surface area contributed by atoms with Crippen LogP contribution in [0.3, 0.4) is 0 Å². The molecule has 0 aromatic heterocycles. The second kappa shape index (κ2) is 1.74. The monoisotopic (exact) mass is 161 g/mol. The summed E-state index contributed by atoms with van der Waals surface area (Å²) in [5, 5.41) is 3.11. The highest BCUT2D eigenvalue weighted by atomic mass is 32.2. The van der Waals surface area contributed by atoms with E-state index in [1.807, 2.05) is 7.05 Å². The van der Waals surface area contributed by atoms with Crippen molar-refractivity contribution in [1.82, 2.24) is 5.32 Å². The van der Waals surface area contributed by atoms with Crippen LogP contribution in [0.1, 0.15) is 0 Å². The first-order chi connectivity index (χ1) is 4.64. The third-order valence-corrected chi connectivity index (χ3v) is 4.34. The van der Waals surface area contributed by atoms with Gasteiger partial charge in [0.05, 0.1) is 11.5 Å². The van der Waals surface area contributed by atoms with E-state index in [4.69, 9.17) is 0 Å². The van der Waals surface area contributed by atoms with Gasteiger partial charge >= 0.3 is 0 Å². The van der Waals surface area contributed by atoms with E-state index in [0.29, 0.717) is 29.4 Å². The molecule has 58 valence electrons. The lowest BCUT2D eigenvalue weighted by Crippen LogP contribution is -2.21. The first kappa shape index (κ1) is 6.61. The van der Waals surface area contributed by atoms with Gasteiger partial charge in [0.25, 0.3) is 0 Å². The van der Waals surface area contributed by atoms with Crippen molar-refractivity contribution in [2.75, 3.05) is 18.6 Å². The van der Waals surface area contributed by atoms with Crippen molar-refractivity contribution in [3.05, 3.63) is 0 Å². The van der Waals surface area contributed by atoms with Crippen LogP contribution in [0.5, 0.6) is 0 Å². The fourth-order valence-corrected chi connectivity index (χ4v) is 4.20. The predicted molar refractivity (Wildman–Crippen MR) is 38.5 cm³/mol. The molecule has 10 heavy (non-hydrogen) atoms. The zero-order valence-corrected chi connectivity index (χ0v) is 6.69. The fourth-order valence-electron chi connectivity index (χ4n) is 1.98. The lowest BCUT2D eigenvalue weighted by Gasteiger charge is -2.00. The van der Waals surface area contributed by atoms with Gasteiger partial charge in [0.1, 0.15) is 0 Å². The van der Waals surface area contributed by atoms with Crippen molar-refractivity contribution >= 4 is 9.84 Å². The van der Waals surface area contributed by atoms with Gasteiger partial charge in [0, 0.05) is 6.04 Å². The molecule has 1 aliphatic carbocycles. The summed E-state index contributed by atoms with van der Waals surface area (Å²) in [6.07, 6.45) is 0. The van der Waals surface area contributed by atoms with Gasteiger partial charge in [-0.15, -0.1) is 0 Å². The number of rotatable bonds is 1. The van der Waals surface area contributed by atoms with Gasteiger partial charge in [-0.2, -0.15) is 0 Å². The summed E-state index contributed by atoms with van der Waals surface area (Å²) in [5.74, 6) is 1.72. The molecule has 1 aliphatic heterocycles. The molecular weight excluding hydrogens is 150 g/mol. The molecule has 0 amide bonds. The third kappa shape index (κ3) is 0.787. The standard InChI is InChI=1S/C6H11NO2S/c1-7-6-4-2-10(8,9)3-5(4)6/h4-7H,2-3H2,1H3. The number of sulfone groups is 1. The topological polar surface area (TPSA) is 46.2 Å². The Bertz CT molecular complexity index is 228. The molecule has 1 saturated carbocycles.